The van der Waals surface area contributed by atoms with E-state index in [0.717, 1.165) is 18.4 Å². The minimum absolute atomic E-state index is 0.0303. The van der Waals surface area contributed by atoms with Crippen LogP contribution >= 0.6 is 11.6 Å². The zero-order chi connectivity index (χ0) is 18.2. The number of Topliss-reactive ketones (excluding diaryl/α,β-unsaturated/α-hetero) is 1. The standard InChI is InChI=1S/C19H25ClN2O3/c1-14(23)2-9-19(25)22-12-10-17(11-13-22)21-18(24)8-5-15-3-6-16(20)7-4-15/h3-4,6-7,17H,2,5,8-13H2,1H3,(H,21,24). The minimum Gasteiger partial charge on any atom is -0.353 e. The number of ketones is 1. The highest BCUT2D eigenvalue weighted by Crippen LogP contribution is 2.14. The highest BCUT2D eigenvalue weighted by Gasteiger charge is 2.23. The van der Waals surface area contributed by atoms with Crippen LogP contribution in [0.25, 0.3) is 0 Å². The van der Waals surface area contributed by atoms with Crippen LogP contribution < -0.4 is 5.32 Å². The number of hydrogen-bond donors (Lipinski definition) is 1. The van der Waals surface area contributed by atoms with Crippen LogP contribution in [0.15, 0.2) is 24.3 Å². The molecule has 0 aromatic heterocycles. The molecule has 0 saturated carbocycles. The maximum atomic E-state index is 12.1. The average molecular weight is 365 g/mol. The Balaban J connectivity index is 1.67. The Bertz CT molecular complexity index is 608. The summed E-state index contributed by atoms with van der Waals surface area (Å²) in [6.07, 6.45) is 3.25. The maximum absolute atomic E-state index is 12.1. The molecule has 0 aliphatic carbocycles. The summed E-state index contributed by atoms with van der Waals surface area (Å²) in [5.74, 6) is 0.107. The quantitative estimate of drug-likeness (QED) is 0.809. The SMILES string of the molecule is CC(=O)CCC(=O)N1CCC(NC(=O)CCc2ccc(Cl)cc2)CC1. The van der Waals surface area contributed by atoms with Crippen LogP contribution in [0.2, 0.25) is 5.02 Å². The Morgan fingerprint density at radius 2 is 1.72 bits per heavy atom. The fourth-order valence-corrected chi connectivity index (χ4v) is 3.05. The Kier molecular flexibility index (Phi) is 7.44. The van der Waals surface area contributed by atoms with Gasteiger partial charge >= 0.3 is 0 Å². The summed E-state index contributed by atoms with van der Waals surface area (Å²) in [5.41, 5.74) is 1.09. The lowest BCUT2D eigenvalue weighted by molar-refractivity contribution is -0.134. The number of benzene rings is 1. The van der Waals surface area contributed by atoms with Gasteiger partial charge in [-0.2, -0.15) is 0 Å². The van der Waals surface area contributed by atoms with E-state index in [2.05, 4.69) is 5.32 Å². The van der Waals surface area contributed by atoms with Gasteiger partial charge in [-0.05, 0) is 43.9 Å². The first-order valence-electron chi connectivity index (χ1n) is 8.75. The first kappa shape index (κ1) is 19.4. The van der Waals surface area contributed by atoms with E-state index < -0.39 is 0 Å². The first-order chi connectivity index (χ1) is 11.9. The molecule has 2 rings (SSSR count). The van der Waals surface area contributed by atoms with Crippen molar-refractivity contribution < 1.29 is 14.4 Å². The maximum Gasteiger partial charge on any atom is 0.223 e. The number of nitrogens with zero attached hydrogens (tertiary/aromatic N) is 1. The highest BCUT2D eigenvalue weighted by molar-refractivity contribution is 6.30. The molecule has 25 heavy (non-hydrogen) atoms. The summed E-state index contributed by atoms with van der Waals surface area (Å²) < 4.78 is 0. The fraction of sp³-hybridized carbons (Fsp3) is 0.526. The van der Waals surface area contributed by atoms with Gasteiger partial charge in [0.25, 0.3) is 0 Å². The second-order valence-corrected chi connectivity index (χ2v) is 6.99. The van der Waals surface area contributed by atoms with E-state index in [1.54, 1.807) is 4.90 Å². The van der Waals surface area contributed by atoms with Crippen LogP contribution in [0.3, 0.4) is 0 Å². The summed E-state index contributed by atoms with van der Waals surface area (Å²) in [6.45, 7) is 2.77. The van der Waals surface area contributed by atoms with E-state index in [-0.39, 0.29) is 30.1 Å². The van der Waals surface area contributed by atoms with E-state index in [0.29, 0.717) is 37.4 Å². The van der Waals surface area contributed by atoms with Crippen molar-refractivity contribution in [3.05, 3.63) is 34.9 Å². The predicted molar refractivity (Wildman–Crippen MR) is 97.4 cm³/mol. The Morgan fingerprint density at radius 3 is 2.32 bits per heavy atom. The minimum atomic E-state index is 0.0303. The zero-order valence-corrected chi connectivity index (χ0v) is 15.3. The third-order valence-corrected chi connectivity index (χ3v) is 4.71. The molecule has 2 amide bonds. The van der Waals surface area contributed by atoms with Crippen molar-refractivity contribution in [1.29, 1.82) is 0 Å². The third kappa shape index (κ3) is 6.86. The molecule has 0 unspecified atom stereocenters. The van der Waals surface area contributed by atoms with Gasteiger partial charge in [-0.25, -0.2) is 0 Å². The van der Waals surface area contributed by atoms with Crippen LogP contribution in [-0.2, 0) is 20.8 Å². The number of likely N-dealkylation sites (tertiary alicyclic amines) is 1. The van der Waals surface area contributed by atoms with Crippen molar-refractivity contribution in [3.63, 3.8) is 0 Å². The largest absolute Gasteiger partial charge is 0.353 e. The van der Waals surface area contributed by atoms with Gasteiger partial charge in [0.05, 0.1) is 0 Å². The second kappa shape index (κ2) is 9.56. The van der Waals surface area contributed by atoms with Crippen LogP contribution in [0, 0.1) is 0 Å². The summed E-state index contributed by atoms with van der Waals surface area (Å²) in [5, 5.41) is 3.75. The van der Waals surface area contributed by atoms with Crippen molar-refractivity contribution in [2.75, 3.05) is 13.1 Å². The zero-order valence-electron chi connectivity index (χ0n) is 14.6. The molecule has 1 aromatic rings. The van der Waals surface area contributed by atoms with E-state index in [1.807, 2.05) is 24.3 Å². The van der Waals surface area contributed by atoms with Crippen molar-refractivity contribution in [2.24, 2.45) is 0 Å². The molecule has 1 heterocycles. The number of halogens is 1. The molecule has 0 bridgehead atoms. The summed E-state index contributed by atoms with van der Waals surface area (Å²) >= 11 is 5.85. The molecule has 1 fully saturated rings. The van der Waals surface area contributed by atoms with E-state index in [1.165, 1.54) is 6.92 Å². The van der Waals surface area contributed by atoms with Crippen molar-refractivity contribution >= 4 is 29.2 Å². The van der Waals surface area contributed by atoms with E-state index in [4.69, 9.17) is 11.6 Å². The first-order valence-corrected chi connectivity index (χ1v) is 9.13. The predicted octanol–water partition coefficient (Wildman–Crippen LogP) is 2.75. The second-order valence-electron chi connectivity index (χ2n) is 6.55. The van der Waals surface area contributed by atoms with Gasteiger partial charge in [0.1, 0.15) is 5.78 Å². The Morgan fingerprint density at radius 1 is 1.08 bits per heavy atom. The molecule has 1 aliphatic heterocycles. The van der Waals surface area contributed by atoms with Crippen LogP contribution in [0.1, 0.15) is 44.6 Å². The topological polar surface area (TPSA) is 66.5 Å². The molecule has 0 radical (unpaired) electrons. The molecule has 1 aliphatic rings. The van der Waals surface area contributed by atoms with Gasteiger partial charge < -0.3 is 15.0 Å². The molecule has 0 spiro atoms. The lowest BCUT2D eigenvalue weighted by Gasteiger charge is -2.32. The summed E-state index contributed by atoms with van der Waals surface area (Å²) in [7, 11) is 0. The highest BCUT2D eigenvalue weighted by atomic mass is 35.5. The van der Waals surface area contributed by atoms with Crippen molar-refractivity contribution in [2.45, 2.75) is 51.5 Å². The van der Waals surface area contributed by atoms with E-state index in [9.17, 15) is 14.4 Å². The molecule has 136 valence electrons. The number of hydrogen-bond acceptors (Lipinski definition) is 3. The molecule has 1 aromatic carbocycles. The molecular weight excluding hydrogens is 340 g/mol. The fourth-order valence-electron chi connectivity index (χ4n) is 2.92. The summed E-state index contributed by atoms with van der Waals surface area (Å²) in [6, 6.07) is 7.64. The number of carbonyl (C=O) groups is 3. The lowest BCUT2D eigenvalue weighted by atomic mass is 10.0. The number of carbonyl (C=O) groups excluding carboxylic acids is 3. The number of piperidine rings is 1. The van der Waals surface area contributed by atoms with Gasteiger partial charge in [0.2, 0.25) is 11.8 Å². The van der Waals surface area contributed by atoms with Crippen LogP contribution in [0.5, 0.6) is 0 Å². The third-order valence-electron chi connectivity index (χ3n) is 4.46. The molecular formula is C19H25ClN2O3. The average Bonchev–Trinajstić information content (AvgIpc) is 2.60. The normalized spacial score (nSPS) is 15.0. The van der Waals surface area contributed by atoms with Crippen LogP contribution in [0.4, 0.5) is 0 Å². The number of aryl methyl sites for hydroxylation is 1. The monoisotopic (exact) mass is 364 g/mol. The molecule has 5 nitrogen and oxygen atoms in total. The van der Waals surface area contributed by atoms with Gasteiger partial charge in [0.15, 0.2) is 0 Å². The van der Waals surface area contributed by atoms with Crippen LogP contribution in [-0.4, -0.2) is 41.6 Å². The molecule has 1 saturated heterocycles. The number of amides is 2. The number of nitrogens with one attached hydrogen (secondary N) is 1. The van der Waals surface area contributed by atoms with Crippen molar-refractivity contribution in [3.8, 4) is 0 Å². The molecule has 6 heteroatoms. The Labute approximate surface area is 153 Å². The van der Waals surface area contributed by atoms with Crippen molar-refractivity contribution in [1.82, 2.24) is 10.2 Å². The van der Waals surface area contributed by atoms with Gasteiger partial charge in [-0.3, -0.25) is 9.59 Å². The number of rotatable bonds is 7. The molecule has 0 atom stereocenters. The van der Waals surface area contributed by atoms with E-state index >= 15 is 0 Å². The Hall–Kier alpha value is -1.88. The van der Waals surface area contributed by atoms with Gasteiger partial charge in [-0.1, -0.05) is 23.7 Å². The summed E-state index contributed by atoms with van der Waals surface area (Å²) in [4.78, 5) is 36.8. The van der Waals surface area contributed by atoms with Gasteiger partial charge in [0, 0.05) is 43.4 Å². The molecule has 1 N–H and O–H groups in total. The lowest BCUT2D eigenvalue weighted by Crippen LogP contribution is -2.46. The smallest absolute Gasteiger partial charge is 0.223 e. The van der Waals surface area contributed by atoms with Gasteiger partial charge in [-0.15, -0.1) is 0 Å².